The summed E-state index contributed by atoms with van der Waals surface area (Å²) < 4.78 is 29.0. The summed E-state index contributed by atoms with van der Waals surface area (Å²) >= 11 is 0. The molecule has 0 bridgehead atoms. The van der Waals surface area contributed by atoms with Crippen molar-refractivity contribution in [3.05, 3.63) is 44.0 Å². The molecule has 0 aromatic rings. The maximum atomic E-state index is 17.7. The summed E-state index contributed by atoms with van der Waals surface area (Å²) in [5, 5.41) is 30.5. The van der Waals surface area contributed by atoms with Crippen LogP contribution in [0.2, 0.25) is 0 Å². The number of aliphatic hydroxyl groups excluding tert-OH is 1. The Balaban J connectivity index is 1.56. The van der Waals surface area contributed by atoms with Crippen LogP contribution in [0.25, 0.3) is 0 Å². The van der Waals surface area contributed by atoms with Crippen LogP contribution >= 0.6 is 0 Å². The van der Waals surface area contributed by atoms with Gasteiger partial charge in [0.2, 0.25) is 5.78 Å². The summed E-state index contributed by atoms with van der Waals surface area (Å²) in [4.78, 5) is 93.7. The summed E-state index contributed by atoms with van der Waals surface area (Å²) in [6.45, 7) is 3.41. The lowest BCUT2D eigenvalue weighted by molar-refractivity contribution is -0.757. The second-order valence-electron chi connectivity index (χ2n) is 14.1. The zero-order chi connectivity index (χ0) is 37.1. The molecule has 4 aliphatic rings. The molecule has 4 rings (SSSR count). The molecule has 50 heavy (non-hydrogen) atoms. The maximum absolute atomic E-state index is 17.7. The molecule has 0 aromatic carbocycles. The van der Waals surface area contributed by atoms with E-state index in [0.717, 1.165) is 0 Å². The highest BCUT2D eigenvalue weighted by atomic mass is 19.1. The normalized spacial score (nSPS) is 33.9. The second kappa shape index (κ2) is 14.9. The van der Waals surface area contributed by atoms with Gasteiger partial charge in [0.1, 0.15) is 5.78 Å². The van der Waals surface area contributed by atoms with Gasteiger partial charge >= 0.3 is 11.9 Å². The number of rotatable bonds is 17. The van der Waals surface area contributed by atoms with Crippen molar-refractivity contribution in [1.29, 1.82) is 0 Å². The van der Waals surface area contributed by atoms with Gasteiger partial charge in [0.05, 0.1) is 25.7 Å². The number of hydrogen-bond donors (Lipinski definition) is 1. The van der Waals surface area contributed by atoms with Crippen LogP contribution in [0.15, 0.2) is 23.8 Å². The predicted molar refractivity (Wildman–Crippen MR) is 166 cm³/mol. The van der Waals surface area contributed by atoms with E-state index in [1.165, 1.54) is 18.2 Å². The van der Waals surface area contributed by atoms with Gasteiger partial charge in [-0.05, 0) is 63.5 Å². The molecule has 0 heterocycles. The Morgan fingerprint density at radius 3 is 2.26 bits per heavy atom. The molecule has 2 unspecified atom stereocenters. The van der Waals surface area contributed by atoms with Crippen LogP contribution in [0.1, 0.15) is 85.0 Å². The fraction of sp³-hybridized carbons (Fsp3) is 0.727. The van der Waals surface area contributed by atoms with Crippen molar-refractivity contribution in [2.24, 2.45) is 28.6 Å². The van der Waals surface area contributed by atoms with Crippen molar-refractivity contribution in [2.45, 2.75) is 102 Å². The molecule has 3 fully saturated rings. The van der Waals surface area contributed by atoms with Crippen LogP contribution < -0.4 is 0 Å². The number of allylic oxidation sites excluding steroid dienone is 4. The quantitative estimate of drug-likeness (QED) is 0.0988. The van der Waals surface area contributed by atoms with Crippen LogP contribution in [0.3, 0.4) is 0 Å². The van der Waals surface area contributed by atoms with Gasteiger partial charge in [-0.1, -0.05) is 25.5 Å². The third kappa shape index (κ3) is 7.01. The maximum Gasteiger partial charge on any atom is 0.306 e. The Kier molecular flexibility index (Phi) is 11.5. The first kappa shape index (κ1) is 38.5. The number of ketones is 3. The van der Waals surface area contributed by atoms with E-state index in [2.05, 4.69) is 9.68 Å². The second-order valence-corrected chi connectivity index (χ2v) is 14.1. The van der Waals surface area contributed by atoms with E-state index in [9.17, 15) is 49.3 Å². The van der Waals surface area contributed by atoms with Crippen LogP contribution in [-0.4, -0.2) is 81.8 Å². The molecular formula is C33H43FN2O14. The van der Waals surface area contributed by atoms with Gasteiger partial charge < -0.3 is 24.3 Å². The number of aliphatic hydroxyl groups is 1. The van der Waals surface area contributed by atoms with Crippen molar-refractivity contribution in [3.63, 3.8) is 0 Å². The highest BCUT2D eigenvalue weighted by Crippen LogP contribution is 2.71. The first-order chi connectivity index (χ1) is 23.4. The van der Waals surface area contributed by atoms with Gasteiger partial charge in [-0.15, -0.1) is 20.2 Å². The molecule has 1 N–H and O–H groups in total. The first-order valence-corrected chi connectivity index (χ1v) is 16.7. The highest BCUT2D eigenvalue weighted by molar-refractivity contribution is 6.01. The molecule has 0 aromatic heterocycles. The number of halogens is 1. The lowest BCUT2D eigenvalue weighted by atomic mass is 9.44. The molecule has 3 saturated carbocycles. The SMILES string of the molecule is C[C@H]1CC2C3CCC4=CC(=O)C=C[C@]4(C)[C@@]3(F)[C@@H](O)C[C@]2(C)[C@@]1(OC(=O)CCCO[N+](=O)[O-])C(=O)COC(=O)CCC(=O)CCCO[N+](=O)[O-]. The van der Waals surface area contributed by atoms with E-state index in [1.807, 2.05) is 0 Å². The van der Waals surface area contributed by atoms with Gasteiger partial charge in [0.15, 0.2) is 23.7 Å². The number of ether oxygens (including phenoxy) is 2. The van der Waals surface area contributed by atoms with E-state index >= 15 is 4.39 Å². The molecule has 16 nitrogen and oxygen atoms in total. The third-order valence-corrected chi connectivity index (χ3v) is 11.4. The molecule has 8 atom stereocenters. The van der Waals surface area contributed by atoms with Crippen LogP contribution in [0.4, 0.5) is 4.39 Å². The number of nitrogens with zero attached hydrogens (tertiary/aromatic N) is 2. The topological polar surface area (TPSA) is 229 Å². The van der Waals surface area contributed by atoms with Crippen molar-refractivity contribution in [1.82, 2.24) is 0 Å². The molecule has 0 aliphatic heterocycles. The first-order valence-electron chi connectivity index (χ1n) is 16.7. The van der Waals surface area contributed by atoms with Gasteiger partial charge in [0.25, 0.3) is 10.2 Å². The Morgan fingerprint density at radius 1 is 0.980 bits per heavy atom. The lowest BCUT2D eigenvalue weighted by Crippen LogP contribution is -2.70. The number of alkyl halides is 1. The number of esters is 2. The van der Waals surface area contributed by atoms with E-state index < -0.39 is 93.5 Å². The Morgan fingerprint density at radius 2 is 1.62 bits per heavy atom. The number of hydrogen-bond acceptors (Lipinski definition) is 14. The highest BCUT2D eigenvalue weighted by Gasteiger charge is 2.77. The monoisotopic (exact) mass is 710 g/mol. The Bertz CT molecular complexity index is 1480. The zero-order valence-corrected chi connectivity index (χ0v) is 28.3. The average molecular weight is 711 g/mol. The molecule has 0 saturated heterocycles. The van der Waals surface area contributed by atoms with Crippen molar-refractivity contribution < 1.29 is 62.8 Å². The minimum absolute atomic E-state index is 0.0647. The molecule has 4 aliphatic carbocycles. The van der Waals surface area contributed by atoms with Crippen molar-refractivity contribution in [3.8, 4) is 0 Å². The van der Waals surface area contributed by atoms with Crippen LogP contribution in [0, 0.1) is 48.8 Å². The summed E-state index contributed by atoms with van der Waals surface area (Å²) in [6, 6.07) is 0. The van der Waals surface area contributed by atoms with E-state index in [-0.39, 0.29) is 69.5 Å². The molecule has 0 radical (unpaired) electrons. The van der Waals surface area contributed by atoms with Gasteiger partial charge in [-0.3, -0.25) is 24.0 Å². The predicted octanol–water partition coefficient (Wildman–Crippen LogP) is 3.32. The molecule has 276 valence electrons. The minimum Gasteiger partial charge on any atom is -0.457 e. The number of Topliss-reactive ketones (excluding diaryl/α,β-unsaturated/α-hetero) is 2. The molecular weight excluding hydrogens is 667 g/mol. The summed E-state index contributed by atoms with van der Waals surface area (Å²) in [6.07, 6.45) is 1.91. The molecule has 17 heteroatoms. The van der Waals surface area contributed by atoms with E-state index in [1.54, 1.807) is 20.8 Å². The van der Waals surface area contributed by atoms with Gasteiger partial charge in [0, 0.05) is 41.9 Å². The number of carbonyl (C=O) groups excluding carboxylic acids is 5. The lowest BCUT2D eigenvalue weighted by Gasteiger charge is -2.62. The van der Waals surface area contributed by atoms with Crippen molar-refractivity contribution >= 4 is 29.3 Å². The standard InChI is InChI=1S/C33H43FN2O14/c1-20-16-25-24-10-8-21-17-23(38)12-13-30(21,2)32(24,34)26(39)18-31(25,3)33(20,50-29(42)7-5-15-49-36(45)46)27(40)19-47-28(41)11-9-22(37)6-4-14-48-35(43)44/h12-13,17,20,24-26,39H,4-11,14-16,18-19H2,1-3H3/t20-,24?,25?,26-,30-,31-,32-,33-/m0/s1. The van der Waals surface area contributed by atoms with Gasteiger partial charge in [-0.25, -0.2) is 4.39 Å². The van der Waals surface area contributed by atoms with E-state index in [0.29, 0.717) is 12.0 Å². The van der Waals surface area contributed by atoms with Crippen molar-refractivity contribution in [2.75, 3.05) is 19.8 Å². The Hall–Kier alpha value is -4.28. The average Bonchev–Trinajstić information content (AvgIpc) is 3.26. The largest absolute Gasteiger partial charge is 0.457 e. The third-order valence-electron chi connectivity index (χ3n) is 11.4. The number of fused-ring (bicyclic) bond motifs is 5. The number of carbonyl (C=O) groups is 5. The fourth-order valence-corrected chi connectivity index (χ4v) is 9.09. The van der Waals surface area contributed by atoms with Crippen LogP contribution in [0.5, 0.6) is 0 Å². The summed E-state index contributed by atoms with van der Waals surface area (Å²) in [5.74, 6) is -5.40. The smallest absolute Gasteiger partial charge is 0.306 e. The molecule has 0 spiro atoms. The summed E-state index contributed by atoms with van der Waals surface area (Å²) in [7, 11) is 0. The zero-order valence-electron chi connectivity index (χ0n) is 28.3. The minimum atomic E-state index is -2.23. The fourth-order valence-electron chi connectivity index (χ4n) is 9.09. The summed E-state index contributed by atoms with van der Waals surface area (Å²) in [5.41, 5.74) is -6.31. The van der Waals surface area contributed by atoms with Crippen LogP contribution in [-0.2, 0) is 43.1 Å². The Labute approximate surface area is 286 Å². The van der Waals surface area contributed by atoms with Gasteiger partial charge in [-0.2, -0.15) is 0 Å². The van der Waals surface area contributed by atoms with E-state index in [4.69, 9.17) is 9.47 Å². The molecule has 0 amide bonds.